The van der Waals surface area contributed by atoms with Crippen molar-refractivity contribution in [1.82, 2.24) is 9.66 Å². The Morgan fingerprint density at radius 1 is 1.23 bits per heavy atom. The van der Waals surface area contributed by atoms with Gasteiger partial charge in [-0.3, -0.25) is 9.59 Å². The zero-order valence-electron chi connectivity index (χ0n) is 21.0. The van der Waals surface area contributed by atoms with E-state index in [1.54, 1.807) is 24.3 Å². The number of fused-ring (bicyclic) bond motifs is 1. The van der Waals surface area contributed by atoms with Gasteiger partial charge in [0.1, 0.15) is 16.7 Å². The summed E-state index contributed by atoms with van der Waals surface area (Å²) in [6.45, 7) is 3.44. The third kappa shape index (κ3) is 6.48. The number of hydrogen-bond acceptors (Lipinski definition) is 6. The number of aromatic nitrogens is 2. The molecule has 1 heterocycles. The van der Waals surface area contributed by atoms with Crippen LogP contribution in [-0.4, -0.2) is 35.5 Å². The third-order valence-electron chi connectivity index (χ3n) is 5.49. The fourth-order valence-electron chi connectivity index (χ4n) is 3.66. The summed E-state index contributed by atoms with van der Waals surface area (Å²) in [4.78, 5) is 30.3. The first-order chi connectivity index (χ1) is 18.6. The number of amides is 1. The molecule has 4 rings (SSSR count). The van der Waals surface area contributed by atoms with E-state index in [4.69, 9.17) is 21.1 Å². The summed E-state index contributed by atoms with van der Waals surface area (Å²) in [6.07, 6.45) is 1.46. The molecule has 39 heavy (non-hydrogen) atoms. The standard InChI is InChI=1S/C27H22Br2ClFN4O4/c1-14(2)26-34-20-8-7-16(28)10-19(20)27(37)35(26)32-12-15-9-21(38-3)25(24(30)23(15)29)39-13-22(36)33-18-6-4-5-17(31)11-18/h4-12,14H,13H2,1-3H3,(H,33,36). The van der Waals surface area contributed by atoms with Crippen molar-refractivity contribution < 1.29 is 18.7 Å². The molecule has 12 heteroatoms. The highest BCUT2D eigenvalue weighted by atomic mass is 79.9. The summed E-state index contributed by atoms with van der Waals surface area (Å²) in [5, 5.41) is 7.53. The van der Waals surface area contributed by atoms with Crippen LogP contribution in [0.3, 0.4) is 0 Å². The number of halogens is 4. The van der Waals surface area contributed by atoms with Crippen LogP contribution in [0, 0.1) is 5.82 Å². The number of benzene rings is 3. The van der Waals surface area contributed by atoms with Crippen LogP contribution < -0.4 is 20.3 Å². The Morgan fingerprint density at radius 2 is 2.00 bits per heavy atom. The summed E-state index contributed by atoms with van der Waals surface area (Å²) in [5.74, 6) is -0.232. The van der Waals surface area contributed by atoms with Gasteiger partial charge in [0.05, 0.1) is 24.2 Å². The van der Waals surface area contributed by atoms with Crippen molar-refractivity contribution in [3.63, 3.8) is 0 Å². The topological polar surface area (TPSA) is 94.8 Å². The minimum atomic E-state index is -0.517. The van der Waals surface area contributed by atoms with E-state index in [9.17, 15) is 14.0 Å². The van der Waals surface area contributed by atoms with Gasteiger partial charge in [0.15, 0.2) is 18.1 Å². The fourth-order valence-corrected chi connectivity index (χ4v) is 4.67. The van der Waals surface area contributed by atoms with Gasteiger partial charge in [0.2, 0.25) is 0 Å². The first-order valence-electron chi connectivity index (χ1n) is 11.6. The highest BCUT2D eigenvalue weighted by Crippen LogP contribution is 2.42. The summed E-state index contributed by atoms with van der Waals surface area (Å²) < 4.78 is 26.9. The number of carbonyl (C=O) groups excluding carboxylic acids is 1. The first-order valence-corrected chi connectivity index (χ1v) is 13.6. The van der Waals surface area contributed by atoms with Crippen LogP contribution in [0.5, 0.6) is 11.5 Å². The summed E-state index contributed by atoms with van der Waals surface area (Å²) in [5.41, 5.74) is 1.04. The normalized spacial score (nSPS) is 11.4. The Hall–Kier alpha value is -3.28. The predicted octanol–water partition coefficient (Wildman–Crippen LogP) is 6.75. The van der Waals surface area contributed by atoms with E-state index in [1.165, 1.54) is 36.2 Å². The number of methoxy groups -OCH3 is 1. The smallest absolute Gasteiger partial charge is 0.282 e. The van der Waals surface area contributed by atoms with E-state index >= 15 is 0 Å². The summed E-state index contributed by atoms with van der Waals surface area (Å²) in [6, 6.07) is 12.4. The molecule has 0 aliphatic carbocycles. The third-order valence-corrected chi connectivity index (χ3v) is 7.43. The van der Waals surface area contributed by atoms with Gasteiger partial charge in [-0.15, -0.1) is 0 Å². The van der Waals surface area contributed by atoms with Gasteiger partial charge in [-0.25, -0.2) is 9.37 Å². The van der Waals surface area contributed by atoms with Crippen molar-refractivity contribution in [2.45, 2.75) is 19.8 Å². The largest absolute Gasteiger partial charge is 0.493 e. The second-order valence-corrected chi connectivity index (χ2v) is 10.7. The van der Waals surface area contributed by atoms with Gasteiger partial charge in [-0.05, 0) is 58.4 Å². The van der Waals surface area contributed by atoms with Crippen molar-refractivity contribution in [1.29, 1.82) is 0 Å². The Morgan fingerprint density at radius 3 is 2.69 bits per heavy atom. The van der Waals surface area contributed by atoms with Gasteiger partial charge >= 0.3 is 0 Å². The second-order valence-electron chi connectivity index (χ2n) is 8.62. The second kappa shape index (κ2) is 12.3. The molecule has 0 unspecified atom stereocenters. The van der Waals surface area contributed by atoms with Gasteiger partial charge in [-0.2, -0.15) is 9.78 Å². The molecule has 0 saturated carbocycles. The van der Waals surface area contributed by atoms with Crippen LogP contribution in [0.4, 0.5) is 10.1 Å². The molecule has 0 atom stereocenters. The zero-order valence-corrected chi connectivity index (χ0v) is 24.9. The van der Waals surface area contributed by atoms with Gasteiger partial charge in [0, 0.05) is 26.1 Å². The quantitative estimate of drug-likeness (QED) is 0.208. The van der Waals surface area contributed by atoms with E-state index in [1.807, 2.05) is 19.9 Å². The molecule has 3 aromatic carbocycles. The van der Waals surface area contributed by atoms with E-state index in [0.717, 1.165) is 4.47 Å². The molecule has 8 nitrogen and oxygen atoms in total. The maximum Gasteiger partial charge on any atom is 0.282 e. The minimum absolute atomic E-state index is 0.0845. The number of rotatable bonds is 8. The molecule has 0 radical (unpaired) electrons. The van der Waals surface area contributed by atoms with E-state index < -0.39 is 18.3 Å². The molecule has 0 aliphatic heterocycles. The molecule has 0 spiro atoms. The number of carbonyl (C=O) groups is 1. The Labute approximate surface area is 245 Å². The molecule has 4 aromatic rings. The molecule has 0 aliphatic rings. The average Bonchev–Trinajstić information content (AvgIpc) is 2.89. The van der Waals surface area contributed by atoms with Crippen LogP contribution in [0.25, 0.3) is 10.9 Å². The number of ether oxygens (including phenoxy) is 2. The number of nitrogens with one attached hydrogen (secondary N) is 1. The molecule has 0 saturated heterocycles. The molecule has 0 fully saturated rings. The van der Waals surface area contributed by atoms with Crippen LogP contribution in [-0.2, 0) is 4.79 Å². The maximum atomic E-state index is 13.4. The highest BCUT2D eigenvalue weighted by molar-refractivity contribution is 9.10. The SMILES string of the molecule is COc1cc(C=Nn2c(C(C)C)nc3ccc(Br)cc3c2=O)c(Br)c(Cl)c1OCC(=O)Nc1cccc(F)c1. The lowest BCUT2D eigenvalue weighted by Crippen LogP contribution is -2.23. The average molecular weight is 681 g/mol. The van der Waals surface area contributed by atoms with E-state index in [-0.39, 0.29) is 28.0 Å². The molecular formula is C27H22Br2ClFN4O4. The van der Waals surface area contributed by atoms with Crippen LogP contribution in [0.15, 0.2) is 67.4 Å². The Bertz CT molecular complexity index is 1660. The molecular weight excluding hydrogens is 659 g/mol. The molecule has 1 aromatic heterocycles. The zero-order chi connectivity index (χ0) is 28.3. The van der Waals surface area contributed by atoms with Crippen molar-refractivity contribution in [3.8, 4) is 11.5 Å². The van der Waals surface area contributed by atoms with Gasteiger partial charge in [0.25, 0.3) is 11.5 Å². The number of anilines is 1. The van der Waals surface area contributed by atoms with E-state index in [2.05, 4.69) is 47.3 Å². The van der Waals surface area contributed by atoms with Crippen LogP contribution in [0.1, 0.15) is 31.2 Å². The lowest BCUT2D eigenvalue weighted by Gasteiger charge is -2.15. The summed E-state index contributed by atoms with van der Waals surface area (Å²) >= 11 is 13.4. The Balaban J connectivity index is 1.64. The van der Waals surface area contributed by atoms with E-state index in [0.29, 0.717) is 32.5 Å². The van der Waals surface area contributed by atoms with Crippen LogP contribution >= 0.6 is 43.5 Å². The molecule has 202 valence electrons. The number of nitrogens with zero attached hydrogens (tertiary/aromatic N) is 3. The minimum Gasteiger partial charge on any atom is -0.493 e. The van der Waals surface area contributed by atoms with Crippen molar-refractivity contribution in [2.75, 3.05) is 19.0 Å². The molecule has 0 bridgehead atoms. The predicted molar refractivity (Wildman–Crippen MR) is 157 cm³/mol. The maximum absolute atomic E-state index is 13.4. The lowest BCUT2D eigenvalue weighted by atomic mass is 10.2. The monoisotopic (exact) mass is 678 g/mol. The van der Waals surface area contributed by atoms with Crippen molar-refractivity contribution in [2.24, 2.45) is 5.10 Å². The first kappa shape index (κ1) is 28.7. The fraction of sp³-hybridized carbons (Fsp3) is 0.185. The highest BCUT2D eigenvalue weighted by Gasteiger charge is 2.19. The molecule has 1 amide bonds. The lowest BCUT2D eigenvalue weighted by molar-refractivity contribution is -0.118. The Kier molecular flexibility index (Phi) is 9.04. The van der Waals surface area contributed by atoms with Crippen molar-refractivity contribution >= 4 is 72.2 Å². The summed E-state index contributed by atoms with van der Waals surface area (Å²) in [7, 11) is 1.42. The molecule has 1 N–H and O–H groups in total. The van der Waals surface area contributed by atoms with Gasteiger partial charge < -0.3 is 14.8 Å². The van der Waals surface area contributed by atoms with Crippen molar-refractivity contribution in [3.05, 3.63) is 90.1 Å². The van der Waals surface area contributed by atoms with Gasteiger partial charge in [-0.1, -0.05) is 47.4 Å². The number of hydrogen-bond donors (Lipinski definition) is 1. The van der Waals surface area contributed by atoms with Crippen LogP contribution in [0.2, 0.25) is 5.02 Å².